The summed E-state index contributed by atoms with van der Waals surface area (Å²) in [5, 5.41) is 11.0. The smallest absolute Gasteiger partial charge is 0.253 e. The summed E-state index contributed by atoms with van der Waals surface area (Å²) < 4.78 is 0. The first-order valence-electron chi connectivity index (χ1n) is 6.43. The van der Waals surface area contributed by atoms with Gasteiger partial charge in [-0.25, -0.2) is 4.89 Å². The van der Waals surface area contributed by atoms with Gasteiger partial charge in [0.25, 0.3) is 5.79 Å². The van der Waals surface area contributed by atoms with E-state index in [1.807, 2.05) is 19.1 Å². The van der Waals surface area contributed by atoms with Gasteiger partial charge in [0.1, 0.15) is 6.61 Å². The SMILES string of the molecule is Cc1ccc2c3c1C(=O)c1ccccc1C3(O)OOC2. The molecule has 4 heteroatoms. The molecule has 1 N–H and O–H groups in total. The first-order chi connectivity index (χ1) is 9.63. The largest absolute Gasteiger partial charge is 0.356 e. The highest BCUT2D eigenvalue weighted by Gasteiger charge is 2.48. The Kier molecular flexibility index (Phi) is 2.22. The van der Waals surface area contributed by atoms with Gasteiger partial charge in [-0.1, -0.05) is 36.4 Å². The number of hydrogen-bond donors (Lipinski definition) is 1. The van der Waals surface area contributed by atoms with Gasteiger partial charge in [-0.3, -0.25) is 4.79 Å². The first kappa shape index (κ1) is 11.8. The predicted octanol–water partition coefficient (Wildman–Crippen LogP) is 2.19. The van der Waals surface area contributed by atoms with Gasteiger partial charge in [0.05, 0.1) is 0 Å². The Morgan fingerprint density at radius 2 is 2.00 bits per heavy atom. The van der Waals surface area contributed by atoms with Crippen molar-refractivity contribution in [3.05, 3.63) is 69.8 Å². The van der Waals surface area contributed by atoms with E-state index in [0.717, 1.165) is 11.1 Å². The molecule has 0 saturated carbocycles. The van der Waals surface area contributed by atoms with Crippen LogP contribution in [0.5, 0.6) is 0 Å². The Morgan fingerprint density at radius 1 is 1.20 bits per heavy atom. The van der Waals surface area contributed by atoms with Crippen LogP contribution in [0.15, 0.2) is 36.4 Å². The van der Waals surface area contributed by atoms with Gasteiger partial charge in [0, 0.05) is 22.3 Å². The van der Waals surface area contributed by atoms with E-state index in [2.05, 4.69) is 0 Å². The highest BCUT2D eigenvalue weighted by atomic mass is 17.2. The molecule has 4 rings (SSSR count). The molecule has 1 heterocycles. The predicted molar refractivity (Wildman–Crippen MR) is 69.9 cm³/mol. The minimum Gasteiger partial charge on any atom is -0.356 e. The second-order valence-corrected chi connectivity index (χ2v) is 5.16. The topological polar surface area (TPSA) is 55.8 Å². The summed E-state index contributed by atoms with van der Waals surface area (Å²) in [7, 11) is 0. The van der Waals surface area contributed by atoms with Crippen molar-refractivity contribution < 1.29 is 19.7 Å². The third-order valence-electron chi connectivity index (χ3n) is 4.00. The van der Waals surface area contributed by atoms with E-state index in [4.69, 9.17) is 9.78 Å². The Bertz CT molecular complexity index is 750. The maximum Gasteiger partial charge on any atom is 0.253 e. The fourth-order valence-corrected chi connectivity index (χ4v) is 3.06. The van der Waals surface area contributed by atoms with Crippen molar-refractivity contribution in [2.24, 2.45) is 0 Å². The molecule has 0 bridgehead atoms. The number of benzene rings is 2. The van der Waals surface area contributed by atoms with E-state index in [-0.39, 0.29) is 12.4 Å². The molecule has 1 aliphatic carbocycles. The van der Waals surface area contributed by atoms with Crippen LogP contribution in [0.3, 0.4) is 0 Å². The summed E-state index contributed by atoms with van der Waals surface area (Å²) in [6.45, 7) is 2.08. The maximum atomic E-state index is 12.7. The van der Waals surface area contributed by atoms with E-state index in [1.54, 1.807) is 24.3 Å². The minimum atomic E-state index is -1.71. The molecule has 2 aliphatic rings. The minimum absolute atomic E-state index is 0.0786. The Labute approximate surface area is 115 Å². The lowest BCUT2D eigenvalue weighted by atomic mass is 9.76. The maximum absolute atomic E-state index is 12.7. The normalized spacial score (nSPS) is 23.2. The molecule has 1 unspecified atom stereocenters. The highest BCUT2D eigenvalue weighted by Crippen LogP contribution is 2.45. The third kappa shape index (κ3) is 1.28. The number of ketones is 1. The molecule has 1 atom stereocenters. The van der Waals surface area contributed by atoms with Crippen LogP contribution in [-0.4, -0.2) is 10.9 Å². The first-order valence-corrected chi connectivity index (χ1v) is 6.43. The van der Waals surface area contributed by atoms with Crippen molar-refractivity contribution in [3.63, 3.8) is 0 Å². The molecule has 0 saturated heterocycles. The average Bonchev–Trinajstić information content (AvgIpc) is 2.46. The van der Waals surface area contributed by atoms with Gasteiger partial charge in [-0.05, 0) is 18.1 Å². The summed E-state index contributed by atoms with van der Waals surface area (Å²) >= 11 is 0. The summed E-state index contributed by atoms with van der Waals surface area (Å²) in [4.78, 5) is 23.0. The molecule has 0 aromatic heterocycles. The van der Waals surface area contributed by atoms with Crippen molar-refractivity contribution in [3.8, 4) is 0 Å². The van der Waals surface area contributed by atoms with Gasteiger partial charge >= 0.3 is 0 Å². The number of carbonyl (C=O) groups excluding carboxylic acids is 1. The number of fused-ring (bicyclic) bond motifs is 2. The van der Waals surface area contributed by atoms with Crippen LogP contribution in [0.2, 0.25) is 0 Å². The van der Waals surface area contributed by atoms with Gasteiger partial charge in [0.2, 0.25) is 0 Å². The second-order valence-electron chi connectivity index (χ2n) is 5.16. The molecule has 0 fully saturated rings. The van der Waals surface area contributed by atoms with Crippen LogP contribution in [0, 0.1) is 6.92 Å². The van der Waals surface area contributed by atoms with Gasteiger partial charge < -0.3 is 5.11 Å². The molecule has 1 aliphatic heterocycles. The summed E-state index contributed by atoms with van der Waals surface area (Å²) in [5.74, 6) is -1.79. The Hall–Kier alpha value is -2.01. The van der Waals surface area contributed by atoms with Gasteiger partial charge in [-0.15, -0.1) is 0 Å². The molecule has 0 radical (unpaired) electrons. The van der Waals surface area contributed by atoms with Crippen LogP contribution in [0.25, 0.3) is 0 Å². The summed E-state index contributed by atoms with van der Waals surface area (Å²) in [5.41, 5.74) is 3.53. The molecular weight excluding hydrogens is 256 g/mol. The molecule has 100 valence electrons. The zero-order chi connectivity index (χ0) is 13.9. The van der Waals surface area contributed by atoms with Crippen molar-refractivity contribution in [1.82, 2.24) is 0 Å². The van der Waals surface area contributed by atoms with Gasteiger partial charge in [-0.2, -0.15) is 4.89 Å². The fourth-order valence-electron chi connectivity index (χ4n) is 3.06. The zero-order valence-corrected chi connectivity index (χ0v) is 10.8. The summed E-state index contributed by atoms with van der Waals surface area (Å²) in [6, 6.07) is 10.7. The van der Waals surface area contributed by atoms with Gasteiger partial charge in [0.15, 0.2) is 5.78 Å². The number of rotatable bonds is 0. The Balaban J connectivity index is 2.16. The fraction of sp³-hybridized carbons (Fsp3) is 0.188. The van der Waals surface area contributed by atoms with E-state index >= 15 is 0 Å². The lowest BCUT2D eigenvalue weighted by Gasteiger charge is -2.38. The van der Waals surface area contributed by atoms with Crippen molar-refractivity contribution in [2.75, 3.05) is 0 Å². The van der Waals surface area contributed by atoms with Crippen LogP contribution in [0.1, 0.15) is 38.2 Å². The standard InChI is InChI=1S/C16H12O4/c1-9-6-7-10-8-19-20-16(18)12-5-3-2-4-11(12)15(17)13(9)14(10)16/h2-7,18H,8H2,1H3. The number of hydrogen-bond acceptors (Lipinski definition) is 4. The zero-order valence-electron chi connectivity index (χ0n) is 10.8. The van der Waals surface area contributed by atoms with E-state index < -0.39 is 5.79 Å². The molecule has 0 spiro atoms. The highest BCUT2D eigenvalue weighted by molar-refractivity contribution is 6.14. The van der Waals surface area contributed by atoms with Crippen molar-refractivity contribution in [2.45, 2.75) is 19.3 Å². The quantitative estimate of drug-likeness (QED) is 0.744. The third-order valence-corrected chi connectivity index (χ3v) is 4.00. The molecule has 0 amide bonds. The lowest BCUT2D eigenvalue weighted by molar-refractivity contribution is -0.429. The Morgan fingerprint density at radius 3 is 2.85 bits per heavy atom. The number of aryl methyl sites for hydroxylation is 1. The number of aliphatic hydroxyl groups is 1. The van der Waals surface area contributed by atoms with Crippen molar-refractivity contribution in [1.29, 1.82) is 0 Å². The van der Waals surface area contributed by atoms with Crippen LogP contribution < -0.4 is 0 Å². The molecule has 4 nitrogen and oxygen atoms in total. The molecule has 20 heavy (non-hydrogen) atoms. The molecule has 2 aromatic rings. The van der Waals surface area contributed by atoms with E-state index in [0.29, 0.717) is 22.3 Å². The van der Waals surface area contributed by atoms with Crippen LogP contribution in [-0.2, 0) is 22.2 Å². The van der Waals surface area contributed by atoms with Crippen molar-refractivity contribution >= 4 is 5.78 Å². The molecular formula is C16H12O4. The van der Waals surface area contributed by atoms with E-state index in [9.17, 15) is 9.90 Å². The summed E-state index contributed by atoms with van der Waals surface area (Å²) in [6.07, 6.45) is 0. The second kappa shape index (κ2) is 3.76. The van der Waals surface area contributed by atoms with Crippen LogP contribution in [0.4, 0.5) is 0 Å². The number of carbonyl (C=O) groups is 1. The average molecular weight is 268 g/mol. The van der Waals surface area contributed by atoms with E-state index in [1.165, 1.54) is 0 Å². The van der Waals surface area contributed by atoms with Crippen LogP contribution >= 0.6 is 0 Å². The monoisotopic (exact) mass is 268 g/mol. The molecule has 2 aromatic carbocycles. The lowest BCUT2D eigenvalue weighted by Crippen LogP contribution is -2.42.